The molecule has 6 aromatic heterocycles. The van der Waals surface area contributed by atoms with Crippen LogP contribution in [0.4, 0.5) is 13.2 Å². The first kappa shape index (κ1) is 60.6. The van der Waals surface area contributed by atoms with E-state index in [-0.39, 0.29) is 61.7 Å². The number of nitrogens with zero attached hydrogens (tertiary/aromatic N) is 3. The van der Waals surface area contributed by atoms with Gasteiger partial charge in [0, 0.05) is 98.0 Å². The maximum Gasteiger partial charge on any atom is 0.432 e. The summed E-state index contributed by atoms with van der Waals surface area (Å²) >= 11 is 0. The number of alkyl halides is 3. The number of hydrogen-bond donors (Lipinski definition) is 7. The first-order chi connectivity index (χ1) is 47.4. The van der Waals surface area contributed by atoms with E-state index in [9.17, 15) is 37.1 Å². The number of aryl methyl sites for hydroxylation is 1. The highest BCUT2D eigenvalue weighted by Crippen LogP contribution is 2.51. The number of carbonyl (C=O) groups is 5. The minimum Gasteiger partial charge on any atom is -0.462 e. The number of para-hydroxylation sites is 3. The zero-order valence-electron chi connectivity index (χ0n) is 52.4. The predicted molar refractivity (Wildman–Crippen MR) is 350 cm³/mol. The Balaban J connectivity index is 0.000000115. The van der Waals surface area contributed by atoms with Crippen LogP contribution in [0.1, 0.15) is 163 Å². The maximum absolute atomic E-state index is 14.5. The lowest BCUT2D eigenvalue weighted by Crippen LogP contribution is -2.28. The van der Waals surface area contributed by atoms with Crippen LogP contribution in [-0.2, 0) is 36.6 Å². The highest BCUT2D eigenvalue weighted by molar-refractivity contribution is 6.09. The van der Waals surface area contributed by atoms with Gasteiger partial charge in [0.05, 0.1) is 52.5 Å². The van der Waals surface area contributed by atoms with Crippen molar-refractivity contribution in [3.63, 3.8) is 0 Å². The summed E-state index contributed by atoms with van der Waals surface area (Å²) in [6.45, 7) is 4.72. The number of hydrogen-bond acceptors (Lipinski definition) is 12. The molecule has 6 aliphatic rings. The van der Waals surface area contributed by atoms with Gasteiger partial charge in [0.15, 0.2) is 34.5 Å². The first-order valence-electron chi connectivity index (χ1n) is 31.5. The molecule has 0 bridgehead atoms. The molecule has 4 amide bonds. The van der Waals surface area contributed by atoms with Crippen molar-refractivity contribution in [2.75, 3.05) is 27.0 Å². The van der Waals surface area contributed by atoms with Gasteiger partial charge in [-0.25, -0.2) is 4.79 Å². The number of fused-ring (bicyclic) bond motifs is 15. The van der Waals surface area contributed by atoms with Crippen LogP contribution in [0.5, 0.6) is 34.5 Å². The molecule has 0 aliphatic carbocycles. The van der Waals surface area contributed by atoms with Crippen molar-refractivity contribution in [3.8, 4) is 34.5 Å². The number of aromatic amines is 3. The summed E-state index contributed by atoms with van der Waals surface area (Å²) < 4.78 is 87.2. The van der Waals surface area contributed by atoms with Gasteiger partial charge in [-0.05, 0) is 107 Å². The molecule has 0 saturated carbocycles. The lowest BCUT2D eigenvalue weighted by molar-refractivity contribution is -0.144. The Morgan fingerprint density at radius 2 is 0.898 bits per heavy atom. The molecular weight excluding hydrogens is 1270 g/mol. The summed E-state index contributed by atoms with van der Waals surface area (Å²) in [5.41, 5.74) is 34.0. The number of ether oxygens (including phenoxy) is 7. The normalized spacial score (nSPS) is 16.2. The molecule has 0 unspecified atom stereocenters. The van der Waals surface area contributed by atoms with E-state index >= 15 is 0 Å². The van der Waals surface area contributed by atoms with Crippen molar-refractivity contribution >= 4 is 62.3 Å². The molecule has 0 spiro atoms. The number of carbonyl (C=O) groups excluding carboxylic acids is 5. The van der Waals surface area contributed by atoms with Gasteiger partial charge in [-0.15, -0.1) is 0 Å². The number of benzene rings is 6. The van der Waals surface area contributed by atoms with E-state index in [1.165, 1.54) is 10.9 Å². The first-order valence-corrected chi connectivity index (χ1v) is 31.5. The Morgan fingerprint density at radius 1 is 0.480 bits per heavy atom. The van der Waals surface area contributed by atoms with Crippen molar-refractivity contribution in [2.45, 2.75) is 63.8 Å². The van der Waals surface area contributed by atoms with Gasteiger partial charge >= 0.3 is 12.1 Å². The van der Waals surface area contributed by atoms with Crippen LogP contribution in [0.25, 0.3) is 32.7 Å². The molecule has 494 valence electrons. The topological polar surface area (TPSA) is 316 Å². The lowest BCUT2D eigenvalue weighted by Gasteiger charge is -2.30. The molecule has 98 heavy (non-hydrogen) atoms. The minimum atomic E-state index is -5.01. The van der Waals surface area contributed by atoms with E-state index < -0.39 is 52.7 Å². The summed E-state index contributed by atoms with van der Waals surface area (Å²) in [5, 5.41) is 3.03. The van der Waals surface area contributed by atoms with Crippen LogP contribution in [-0.4, -0.2) is 85.2 Å². The fourth-order valence-corrected chi connectivity index (χ4v) is 15.1. The second kappa shape index (κ2) is 23.0. The Hall–Kier alpha value is -12.3. The van der Waals surface area contributed by atoms with Crippen LogP contribution in [0.15, 0.2) is 140 Å². The number of primary amides is 4. The quantitative estimate of drug-likeness (QED) is 0.0629. The summed E-state index contributed by atoms with van der Waals surface area (Å²) in [6.07, 6.45) is -1.51. The summed E-state index contributed by atoms with van der Waals surface area (Å²) in [6, 6.07) is 40.8. The summed E-state index contributed by atoms with van der Waals surface area (Å²) in [5.74, 6) is -0.483. The smallest absolute Gasteiger partial charge is 0.432 e. The van der Waals surface area contributed by atoms with Gasteiger partial charge in [0.2, 0.25) is 20.4 Å². The summed E-state index contributed by atoms with van der Waals surface area (Å²) in [7, 11) is 0. The van der Waals surface area contributed by atoms with Crippen LogP contribution in [0.2, 0.25) is 0 Å². The Morgan fingerprint density at radius 3 is 1.34 bits per heavy atom. The Kier molecular flexibility index (Phi) is 14.2. The zero-order chi connectivity index (χ0) is 67.7. The van der Waals surface area contributed by atoms with Crippen molar-refractivity contribution in [2.24, 2.45) is 22.9 Å². The van der Waals surface area contributed by atoms with E-state index in [2.05, 4.69) is 56.8 Å². The van der Waals surface area contributed by atoms with Crippen LogP contribution in [0, 0.1) is 0 Å². The molecule has 12 heterocycles. The molecule has 12 aromatic rings. The third kappa shape index (κ3) is 9.57. The fourth-order valence-electron chi connectivity index (χ4n) is 15.1. The third-order valence-corrected chi connectivity index (χ3v) is 19.1. The number of aromatic nitrogens is 6. The maximum atomic E-state index is 14.5. The van der Waals surface area contributed by atoms with Crippen LogP contribution in [0.3, 0.4) is 0 Å². The standard InChI is InChI=1S/C26H24N2O4.C24H17F3N4O4.C23H18N4O4/c1-3-16-12-19(26(29)30-4-2)21-13-18-17-7-5-6-8-20(17)27-24(18)25(28(16)21)15-9-10-22-23(11-15)32-14-31-22;25-24(26,27)21-18(23(29)33)17(22(28)32)14-8-12-11-3-1-2-4-13(11)30-19(12)20(31(14)21)10-5-6-15-16(7-10)35-9-34-15;24-22(28)14-9-27-16(19(14)23(25)29)8-13-12-3-1-2-4-15(12)26-20(13)21(27)11-5-6-17-18(7-11)31-10-30-17/h5-12,25,27H,3-4,13-14H2,1-2H3;1-7,20,30H,8-9H2,(H2,28,32)(H2,29,33);1-7,9,21,26H,8,10H2,(H2,24,28)(H2,25,29)/t25-;20-;21-/m111/s1. The molecule has 25 heteroatoms. The van der Waals surface area contributed by atoms with E-state index in [1.807, 2.05) is 90.4 Å². The third-order valence-electron chi connectivity index (χ3n) is 19.1. The van der Waals surface area contributed by atoms with Crippen molar-refractivity contribution in [1.82, 2.24) is 28.7 Å². The highest BCUT2D eigenvalue weighted by atomic mass is 19.4. The second-order valence-electron chi connectivity index (χ2n) is 24.3. The van der Waals surface area contributed by atoms with Crippen molar-refractivity contribution < 1.29 is 70.3 Å². The number of nitrogens with one attached hydrogen (secondary N) is 3. The molecule has 18 rings (SSSR count). The predicted octanol–water partition coefficient (Wildman–Crippen LogP) is 10.9. The van der Waals surface area contributed by atoms with Gasteiger partial charge in [0.25, 0.3) is 23.6 Å². The molecule has 11 N–H and O–H groups in total. The molecule has 3 atom stereocenters. The lowest BCUT2D eigenvalue weighted by atomic mass is 9.91. The number of H-pyrrole nitrogens is 3. The van der Waals surface area contributed by atoms with Crippen LogP contribution < -0.4 is 51.4 Å². The average molecular weight is 1330 g/mol. The number of esters is 1. The molecule has 0 fully saturated rings. The van der Waals surface area contributed by atoms with Gasteiger partial charge in [-0.1, -0.05) is 79.7 Å². The largest absolute Gasteiger partial charge is 0.462 e. The second-order valence-corrected chi connectivity index (χ2v) is 24.3. The molecule has 6 aliphatic heterocycles. The monoisotopic (exact) mass is 1320 g/mol. The van der Waals surface area contributed by atoms with E-state index in [0.717, 1.165) is 89.3 Å². The molecule has 0 radical (unpaired) electrons. The highest BCUT2D eigenvalue weighted by Gasteiger charge is 2.48. The number of nitrogens with two attached hydrogens (primary N) is 4. The molecule has 22 nitrogen and oxygen atoms in total. The SMILES string of the molecule is CCOC(=O)c1cc(CC)n2c1Cc1c([nH]c3ccccc13)[C@H]2c1ccc2c(c1)OCO2.NC(=O)c1c(C(N)=O)c(C(F)(F)F)n2c1Cc1c([nH]c3ccccc13)[C@H]2c1ccc2c(c1)OCO2.NC(=O)c1cn2c(c1C(N)=O)Cc1c([nH]c3ccccc13)[C@H]2c1ccc2c(c1)OCO2. The molecular formula is C73H59F3N10O12. The van der Waals surface area contributed by atoms with Gasteiger partial charge in [-0.2, -0.15) is 13.2 Å². The summed E-state index contributed by atoms with van der Waals surface area (Å²) in [4.78, 5) is 72.5. The number of halogens is 3. The fraction of sp³-hybridized carbons (Fsp3) is 0.192. The Bertz CT molecular complexity index is 5400. The van der Waals surface area contributed by atoms with Gasteiger partial charge in [0.1, 0.15) is 5.69 Å². The van der Waals surface area contributed by atoms with Gasteiger partial charge < -0.3 is 84.7 Å². The minimum absolute atomic E-state index is 0.0126. The van der Waals surface area contributed by atoms with Crippen molar-refractivity contribution in [3.05, 3.63) is 246 Å². The zero-order valence-corrected chi connectivity index (χ0v) is 52.4. The number of rotatable bonds is 10. The van der Waals surface area contributed by atoms with Gasteiger partial charge in [-0.3, -0.25) is 19.2 Å². The Labute approximate surface area is 553 Å². The van der Waals surface area contributed by atoms with Crippen molar-refractivity contribution in [1.29, 1.82) is 0 Å². The molecule has 0 saturated heterocycles. The molecule has 6 aromatic carbocycles. The average Bonchev–Trinajstić information content (AvgIpc) is 1.54. The van der Waals surface area contributed by atoms with E-state index in [0.29, 0.717) is 70.5 Å². The van der Waals surface area contributed by atoms with Crippen LogP contribution >= 0.6 is 0 Å². The number of amides is 4. The van der Waals surface area contributed by atoms with E-state index in [1.54, 1.807) is 30.5 Å². The van der Waals surface area contributed by atoms with E-state index in [4.69, 9.17) is 56.1 Å².